The van der Waals surface area contributed by atoms with Gasteiger partial charge in [-0.2, -0.15) is 0 Å². The number of nitrogens with zero attached hydrogens (tertiary/aromatic N) is 2. The van der Waals surface area contributed by atoms with E-state index in [-0.39, 0.29) is 17.7 Å². The van der Waals surface area contributed by atoms with Crippen LogP contribution in [0.25, 0.3) is 0 Å². The lowest BCUT2D eigenvalue weighted by Crippen LogP contribution is -2.50. The van der Waals surface area contributed by atoms with Crippen LogP contribution in [0, 0.1) is 0 Å². The first-order chi connectivity index (χ1) is 12.6. The zero-order chi connectivity index (χ0) is 18.1. The number of hydrogen-bond donors (Lipinski definition) is 1. The molecule has 1 aromatic carbocycles. The number of carbonyl (C=O) groups is 3. The highest BCUT2D eigenvalue weighted by molar-refractivity contribution is 8.00. The Bertz CT molecular complexity index is 857. The van der Waals surface area contributed by atoms with Crippen molar-refractivity contribution < 1.29 is 18.8 Å². The zero-order valence-electron chi connectivity index (χ0n) is 13.9. The smallest absolute Gasteiger partial charge is 0.289 e. The number of anilines is 1. The van der Waals surface area contributed by atoms with Gasteiger partial charge in [0.15, 0.2) is 5.76 Å². The maximum absolute atomic E-state index is 12.8. The highest BCUT2D eigenvalue weighted by Crippen LogP contribution is 2.32. The van der Waals surface area contributed by atoms with Crippen LogP contribution in [-0.4, -0.2) is 59.5 Å². The SMILES string of the molecule is O=C1CSc2ccc(C(=O)N3CCN(C(=O)c4ccco4)CC3)cc2N1. The second-order valence-corrected chi connectivity index (χ2v) is 7.13. The fourth-order valence-electron chi connectivity index (χ4n) is 3.07. The lowest BCUT2D eigenvalue weighted by molar-refractivity contribution is -0.113. The summed E-state index contributed by atoms with van der Waals surface area (Å²) >= 11 is 1.46. The minimum Gasteiger partial charge on any atom is -0.459 e. The Morgan fingerprint density at radius 1 is 1.04 bits per heavy atom. The number of thioether (sulfide) groups is 1. The molecule has 4 rings (SSSR count). The molecule has 0 unspecified atom stereocenters. The predicted octanol–water partition coefficient (Wildman–Crippen LogP) is 1.92. The molecule has 0 atom stereocenters. The van der Waals surface area contributed by atoms with E-state index in [1.807, 2.05) is 6.07 Å². The van der Waals surface area contributed by atoms with Crippen LogP contribution in [0.2, 0.25) is 0 Å². The minimum absolute atomic E-state index is 0.0582. The molecule has 3 heterocycles. The highest BCUT2D eigenvalue weighted by atomic mass is 32.2. The van der Waals surface area contributed by atoms with E-state index in [0.29, 0.717) is 48.9 Å². The van der Waals surface area contributed by atoms with E-state index < -0.39 is 0 Å². The molecule has 0 radical (unpaired) electrons. The van der Waals surface area contributed by atoms with Gasteiger partial charge in [0.05, 0.1) is 17.7 Å². The van der Waals surface area contributed by atoms with Gasteiger partial charge in [-0.1, -0.05) is 0 Å². The van der Waals surface area contributed by atoms with Gasteiger partial charge >= 0.3 is 0 Å². The molecule has 1 N–H and O–H groups in total. The van der Waals surface area contributed by atoms with Gasteiger partial charge in [-0.25, -0.2) is 0 Å². The summed E-state index contributed by atoms with van der Waals surface area (Å²) in [5.41, 5.74) is 1.22. The van der Waals surface area contributed by atoms with Gasteiger partial charge in [0.1, 0.15) is 0 Å². The van der Waals surface area contributed by atoms with Crippen molar-refractivity contribution in [2.24, 2.45) is 0 Å². The fourth-order valence-corrected chi connectivity index (χ4v) is 3.86. The molecule has 1 aromatic heterocycles. The average Bonchev–Trinajstić information content (AvgIpc) is 3.21. The van der Waals surface area contributed by atoms with Crippen molar-refractivity contribution in [2.75, 3.05) is 37.2 Å². The molecule has 3 amide bonds. The molecular formula is C18H17N3O4S. The topological polar surface area (TPSA) is 82.9 Å². The Hall–Kier alpha value is -2.74. The van der Waals surface area contributed by atoms with Gasteiger partial charge in [-0.15, -0.1) is 11.8 Å². The first-order valence-electron chi connectivity index (χ1n) is 8.30. The number of benzene rings is 1. The number of hydrogen-bond acceptors (Lipinski definition) is 5. The van der Waals surface area contributed by atoms with E-state index in [1.54, 1.807) is 34.1 Å². The van der Waals surface area contributed by atoms with Crippen LogP contribution in [0.15, 0.2) is 45.9 Å². The van der Waals surface area contributed by atoms with Crippen molar-refractivity contribution in [3.05, 3.63) is 47.9 Å². The Morgan fingerprint density at radius 2 is 1.77 bits per heavy atom. The molecule has 0 saturated carbocycles. The molecule has 7 nitrogen and oxygen atoms in total. The van der Waals surface area contributed by atoms with E-state index in [4.69, 9.17) is 4.42 Å². The monoisotopic (exact) mass is 371 g/mol. The van der Waals surface area contributed by atoms with Crippen LogP contribution in [0.3, 0.4) is 0 Å². The minimum atomic E-state index is -0.157. The Morgan fingerprint density at radius 3 is 2.46 bits per heavy atom. The largest absolute Gasteiger partial charge is 0.459 e. The van der Waals surface area contributed by atoms with Crippen molar-refractivity contribution in [1.29, 1.82) is 0 Å². The Balaban J connectivity index is 1.42. The third kappa shape index (κ3) is 3.20. The van der Waals surface area contributed by atoms with E-state index in [1.165, 1.54) is 18.0 Å². The van der Waals surface area contributed by atoms with Crippen LogP contribution >= 0.6 is 11.8 Å². The number of carbonyl (C=O) groups excluding carboxylic acids is 3. The van der Waals surface area contributed by atoms with Crippen molar-refractivity contribution in [2.45, 2.75) is 4.90 Å². The molecule has 0 spiro atoms. The second-order valence-electron chi connectivity index (χ2n) is 6.11. The third-order valence-corrected chi connectivity index (χ3v) is 5.52. The first kappa shape index (κ1) is 16.7. The molecule has 8 heteroatoms. The van der Waals surface area contributed by atoms with Gasteiger partial charge in [-0.3, -0.25) is 14.4 Å². The molecule has 1 fully saturated rings. The molecule has 134 valence electrons. The highest BCUT2D eigenvalue weighted by Gasteiger charge is 2.27. The number of piperazine rings is 1. The summed E-state index contributed by atoms with van der Waals surface area (Å²) in [6, 6.07) is 8.69. The number of rotatable bonds is 2. The van der Waals surface area contributed by atoms with Gasteiger partial charge in [0, 0.05) is 36.6 Å². The molecule has 0 bridgehead atoms. The molecule has 26 heavy (non-hydrogen) atoms. The van der Waals surface area contributed by atoms with Crippen molar-refractivity contribution in [3.63, 3.8) is 0 Å². The maximum atomic E-state index is 12.8. The van der Waals surface area contributed by atoms with Crippen LogP contribution in [0.5, 0.6) is 0 Å². The lowest BCUT2D eigenvalue weighted by Gasteiger charge is -2.34. The Labute approximate surface area is 154 Å². The van der Waals surface area contributed by atoms with E-state index in [2.05, 4.69) is 5.32 Å². The number of amides is 3. The summed E-state index contributed by atoms with van der Waals surface area (Å²) < 4.78 is 5.15. The van der Waals surface area contributed by atoms with Crippen molar-refractivity contribution >= 4 is 35.2 Å². The van der Waals surface area contributed by atoms with Crippen LogP contribution in [0.4, 0.5) is 5.69 Å². The summed E-state index contributed by atoms with van der Waals surface area (Å²) in [4.78, 5) is 41.0. The summed E-state index contributed by atoms with van der Waals surface area (Å²) in [6.45, 7) is 1.85. The van der Waals surface area contributed by atoms with Crippen LogP contribution < -0.4 is 5.32 Å². The van der Waals surface area contributed by atoms with Crippen LogP contribution in [-0.2, 0) is 4.79 Å². The van der Waals surface area contributed by atoms with Crippen molar-refractivity contribution in [3.8, 4) is 0 Å². The van der Waals surface area contributed by atoms with Gasteiger partial charge in [0.25, 0.3) is 11.8 Å². The fraction of sp³-hybridized carbons (Fsp3) is 0.278. The summed E-state index contributed by atoms with van der Waals surface area (Å²) in [6.07, 6.45) is 1.47. The average molecular weight is 371 g/mol. The number of nitrogens with one attached hydrogen (secondary N) is 1. The quantitative estimate of drug-likeness (QED) is 0.872. The molecule has 1 saturated heterocycles. The lowest BCUT2D eigenvalue weighted by atomic mass is 10.1. The normalized spacial score (nSPS) is 16.8. The second kappa shape index (κ2) is 6.87. The predicted molar refractivity (Wildman–Crippen MR) is 96.3 cm³/mol. The van der Waals surface area contributed by atoms with E-state index in [9.17, 15) is 14.4 Å². The van der Waals surface area contributed by atoms with Crippen LogP contribution in [0.1, 0.15) is 20.9 Å². The molecule has 0 aliphatic carbocycles. The van der Waals surface area contributed by atoms with E-state index >= 15 is 0 Å². The third-order valence-electron chi connectivity index (χ3n) is 4.45. The number of fused-ring (bicyclic) bond motifs is 1. The van der Waals surface area contributed by atoms with E-state index in [0.717, 1.165) is 4.90 Å². The standard InChI is InChI=1S/C18H17N3O4S/c22-16-11-26-15-4-3-12(10-13(15)19-16)17(23)20-5-7-21(8-6-20)18(24)14-2-1-9-25-14/h1-4,9-10H,5-8,11H2,(H,19,22). The summed E-state index contributed by atoms with van der Waals surface area (Å²) in [5.74, 6) is 0.398. The molecule has 2 aliphatic rings. The number of furan rings is 1. The van der Waals surface area contributed by atoms with Gasteiger partial charge in [0.2, 0.25) is 5.91 Å². The molecule has 2 aliphatic heterocycles. The molecule has 2 aromatic rings. The first-order valence-corrected chi connectivity index (χ1v) is 9.29. The molecular weight excluding hydrogens is 354 g/mol. The Kier molecular flexibility index (Phi) is 4.42. The summed E-state index contributed by atoms with van der Waals surface area (Å²) in [7, 11) is 0. The van der Waals surface area contributed by atoms with Crippen molar-refractivity contribution in [1.82, 2.24) is 9.80 Å². The summed E-state index contributed by atoms with van der Waals surface area (Å²) in [5, 5.41) is 2.80. The van der Waals surface area contributed by atoms with Gasteiger partial charge in [-0.05, 0) is 30.3 Å². The maximum Gasteiger partial charge on any atom is 0.289 e. The van der Waals surface area contributed by atoms with Gasteiger partial charge < -0.3 is 19.5 Å². The zero-order valence-corrected chi connectivity index (χ0v) is 14.8.